The molecule has 1 aromatic heterocycles. The summed E-state index contributed by atoms with van der Waals surface area (Å²) in [6, 6.07) is 21.2. The summed E-state index contributed by atoms with van der Waals surface area (Å²) >= 11 is 0. The van der Waals surface area contributed by atoms with E-state index in [1.807, 2.05) is 48.5 Å². The summed E-state index contributed by atoms with van der Waals surface area (Å²) in [4.78, 5) is 40.1. The minimum atomic E-state index is -0.708. The van der Waals surface area contributed by atoms with Crippen molar-refractivity contribution in [1.82, 2.24) is 15.5 Å². The van der Waals surface area contributed by atoms with Gasteiger partial charge in [-0.25, -0.2) is 0 Å². The lowest BCUT2D eigenvalue weighted by Gasteiger charge is -2.34. The van der Waals surface area contributed by atoms with Crippen molar-refractivity contribution in [2.24, 2.45) is 0 Å². The van der Waals surface area contributed by atoms with Crippen LogP contribution in [0.15, 0.2) is 83.5 Å². The molecule has 2 N–H and O–H groups in total. The molecule has 1 aliphatic rings. The van der Waals surface area contributed by atoms with E-state index in [1.165, 1.54) is 6.26 Å². The van der Waals surface area contributed by atoms with Gasteiger partial charge in [0.1, 0.15) is 6.04 Å². The maximum Gasteiger partial charge on any atom is 0.287 e. The fourth-order valence-corrected chi connectivity index (χ4v) is 4.01. The second-order valence-electron chi connectivity index (χ2n) is 8.13. The van der Waals surface area contributed by atoms with Gasteiger partial charge in [0.05, 0.1) is 6.26 Å². The third kappa shape index (κ3) is 5.88. The highest BCUT2D eigenvalue weighted by Crippen LogP contribution is 2.15. The molecule has 0 radical (unpaired) electrons. The normalized spacial score (nSPS) is 15.0. The number of furan rings is 1. The lowest BCUT2D eigenvalue weighted by atomic mass is 10.0. The maximum absolute atomic E-state index is 13.4. The molecule has 1 fully saturated rings. The summed E-state index contributed by atoms with van der Waals surface area (Å²) in [5, 5.41) is 5.89. The number of likely N-dealkylation sites (tertiary alicyclic amines) is 1. The minimum absolute atomic E-state index is 0.00652. The Bertz CT molecular complexity index is 1060. The number of benzene rings is 2. The zero-order chi connectivity index (χ0) is 23.0. The van der Waals surface area contributed by atoms with Crippen molar-refractivity contribution in [2.45, 2.75) is 31.3 Å². The van der Waals surface area contributed by atoms with E-state index in [2.05, 4.69) is 10.6 Å². The molecule has 4 rings (SSSR count). The van der Waals surface area contributed by atoms with E-state index in [1.54, 1.807) is 29.2 Å². The molecule has 3 aromatic rings. The molecular formula is C26H27N3O4. The highest BCUT2D eigenvalue weighted by atomic mass is 16.3. The largest absolute Gasteiger partial charge is 0.459 e. The molecule has 1 aliphatic heterocycles. The molecule has 1 atom stereocenters. The number of nitrogens with zero attached hydrogens (tertiary/aromatic N) is 1. The van der Waals surface area contributed by atoms with Crippen molar-refractivity contribution in [1.29, 1.82) is 0 Å². The van der Waals surface area contributed by atoms with Gasteiger partial charge in [-0.1, -0.05) is 48.5 Å². The summed E-state index contributed by atoms with van der Waals surface area (Å²) < 4.78 is 5.18. The third-order valence-corrected chi connectivity index (χ3v) is 5.81. The van der Waals surface area contributed by atoms with Crippen molar-refractivity contribution in [2.75, 3.05) is 13.1 Å². The Labute approximate surface area is 192 Å². The number of hydrogen-bond acceptors (Lipinski definition) is 4. The predicted molar refractivity (Wildman–Crippen MR) is 124 cm³/mol. The summed E-state index contributed by atoms with van der Waals surface area (Å²) in [6.07, 6.45) is 3.14. The van der Waals surface area contributed by atoms with Crippen molar-refractivity contribution in [3.05, 3.63) is 95.9 Å². The van der Waals surface area contributed by atoms with E-state index in [-0.39, 0.29) is 23.6 Å². The van der Waals surface area contributed by atoms with Crippen LogP contribution in [0, 0.1) is 0 Å². The van der Waals surface area contributed by atoms with E-state index in [9.17, 15) is 14.4 Å². The van der Waals surface area contributed by atoms with Gasteiger partial charge in [0, 0.05) is 31.1 Å². The predicted octanol–water partition coefficient (Wildman–Crippen LogP) is 3.04. The quantitative estimate of drug-likeness (QED) is 0.585. The van der Waals surface area contributed by atoms with Crippen molar-refractivity contribution in [3.63, 3.8) is 0 Å². The standard InChI is InChI=1S/C26H27N3O4/c30-24(20-10-5-2-6-11-20)27-21-13-15-29(16-14-21)26(32)22(18-19-8-3-1-4-9-19)28-25(31)23-12-7-17-33-23/h1-12,17,21-22H,13-16,18H2,(H,27,30)(H,28,31)/t22-/m0/s1. The Balaban J connectivity index is 1.37. The van der Waals surface area contributed by atoms with Crippen LogP contribution >= 0.6 is 0 Å². The van der Waals surface area contributed by atoms with Gasteiger partial charge in [-0.15, -0.1) is 0 Å². The first-order chi connectivity index (χ1) is 16.1. The van der Waals surface area contributed by atoms with E-state index in [4.69, 9.17) is 4.42 Å². The van der Waals surface area contributed by atoms with Gasteiger partial charge in [-0.05, 0) is 42.7 Å². The Morgan fingerprint density at radius 3 is 2.18 bits per heavy atom. The second kappa shape index (κ2) is 10.6. The molecule has 0 bridgehead atoms. The third-order valence-electron chi connectivity index (χ3n) is 5.81. The van der Waals surface area contributed by atoms with Gasteiger partial charge in [0.2, 0.25) is 5.91 Å². The molecule has 0 saturated carbocycles. The van der Waals surface area contributed by atoms with Gasteiger partial charge < -0.3 is 20.0 Å². The van der Waals surface area contributed by atoms with E-state index < -0.39 is 11.9 Å². The number of amides is 3. The fourth-order valence-electron chi connectivity index (χ4n) is 4.01. The minimum Gasteiger partial charge on any atom is -0.459 e. The van der Waals surface area contributed by atoms with E-state index in [0.717, 1.165) is 5.56 Å². The van der Waals surface area contributed by atoms with Crippen LogP contribution in [0.4, 0.5) is 0 Å². The van der Waals surface area contributed by atoms with Crippen LogP contribution in [-0.4, -0.2) is 47.8 Å². The SMILES string of the molecule is O=C(NC1CCN(C(=O)[C@H](Cc2ccccc2)NC(=O)c2ccco2)CC1)c1ccccc1. The van der Waals surface area contributed by atoms with Crippen LogP contribution in [0.25, 0.3) is 0 Å². The van der Waals surface area contributed by atoms with Crippen LogP contribution in [0.3, 0.4) is 0 Å². The first-order valence-corrected chi connectivity index (χ1v) is 11.1. The average Bonchev–Trinajstić information content (AvgIpc) is 3.40. The number of piperidine rings is 1. The van der Waals surface area contributed by atoms with Crippen molar-refractivity contribution >= 4 is 17.7 Å². The van der Waals surface area contributed by atoms with Crippen LogP contribution in [0.1, 0.15) is 39.3 Å². The molecule has 7 nitrogen and oxygen atoms in total. The van der Waals surface area contributed by atoms with E-state index in [0.29, 0.717) is 37.9 Å². The number of carbonyl (C=O) groups excluding carboxylic acids is 3. The Morgan fingerprint density at radius 1 is 0.879 bits per heavy atom. The van der Waals surface area contributed by atoms with Gasteiger partial charge in [-0.3, -0.25) is 14.4 Å². The van der Waals surface area contributed by atoms with Crippen LogP contribution in [0.2, 0.25) is 0 Å². The molecule has 2 aromatic carbocycles. The lowest BCUT2D eigenvalue weighted by molar-refractivity contribution is -0.134. The molecule has 1 saturated heterocycles. The Morgan fingerprint density at radius 2 is 1.55 bits per heavy atom. The fraction of sp³-hybridized carbons (Fsp3) is 0.269. The zero-order valence-corrected chi connectivity index (χ0v) is 18.3. The first-order valence-electron chi connectivity index (χ1n) is 11.1. The molecular weight excluding hydrogens is 418 g/mol. The molecule has 0 aliphatic carbocycles. The van der Waals surface area contributed by atoms with Crippen molar-refractivity contribution in [3.8, 4) is 0 Å². The topological polar surface area (TPSA) is 91.7 Å². The van der Waals surface area contributed by atoms with Gasteiger partial charge in [0.15, 0.2) is 5.76 Å². The first kappa shape index (κ1) is 22.3. The molecule has 2 heterocycles. The summed E-state index contributed by atoms with van der Waals surface area (Å²) in [5.41, 5.74) is 1.58. The summed E-state index contributed by atoms with van der Waals surface area (Å²) in [6.45, 7) is 1.03. The molecule has 0 spiro atoms. The van der Waals surface area contributed by atoms with Crippen LogP contribution in [0.5, 0.6) is 0 Å². The van der Waals surface area contributed by atoms with Crippen molar-refractivity contribution < 1.29 is 18.8 Å². The summed E-state index contributed by atoms with van der Waals surface area (Å²) in [5.74, 6) is -0.484. The van der Waals surface area contributed by atoms with Gasteiger partial charge >= 0.3 is 0 Å². The summed E-state index contributed by atoms with van der Waals surface area (Å²) in [7, 11) is 0. The maximum atomic E-state index is 13.4. The van der Waals surface area contributed by atoms with Crippen LogP contribution in [-0.2, 0) is 11.2 Å². The highest BCUT2D eigenvalue weighted by molar-refractivity contribution is 5.96. The monoisotopic (exact) mass is 445 g/mol. The van der Waals surface area contributed by atoms with Gasteiger partial charge in [-0.2, -0.15) is 0 Å². The number of rotatable bonds is 7. The average molecular weight is 446 g/mol. The lowest BCUT2D eigenvalue weighted by Crippen LogP contribution is -2.53. The van der Waals surface area contributed by atoms with Gasteiger partial charge in [0.25, 0.3) is 11.8 Å². The Kier molecular flexibility index (Phi) is 7.19. The molecule has 0 unspecified atom stereocenters. The molecule has 3 amide bonds. The van der Waals surface area contributed by atoms with E-state index >= 15 is 0 Å². The molecule has 170 valence electrons. The zero-order valence-electron chi connectivity index (χ0n) is 18.3. The highest BCUT2D eigenvalue weighted by Gasteiger charge is 2.30. The number of carbonyl (C=O) groups is 3. The smallest absolute Gasteiger partial charge is 0.287 e. The number of nitrogens with one attached hydrogen (secondary N) is 2. The molecule has 7 heteroatoms. The van der Waals surface area contributed by atoms with Crippen LogP contribution < -0.4 is 10.6 Å². The number of hydrogen-bond donors (Lipinski definition) is 2. The Hall–Kier alpha value is -3.87. The molecule has 33 heavy (non-hydrogen) atoms. The second-order valence-corrected chi connectivity index (χ2v) is 8.13.